The molecule has 0 spiro atoms. The van der Waals surface area contributed by atoms with E-state index >= 15 is 0 Å². The lowest BCUT2D eigenvalue weighted by atomic mass is 9.92. The lowest BCUT2D eigenvalue weighted by Crippen LogP contribution is -2.58. The van der Waals surface area contributed by atoms with Gasteiger partial charge < -0.3 is 38.5 Å². The molecule has 196 valence electrons. The van der Waals surface area contributed by atoms with Crippen molar-refractivity contribution in [3.63, 3.8) is 0 Å². The summed E-state index contributed by atoms with van der Waals surface area (Å²) in [7, 11) is 0. The maximum Gasteiger partial charge on any atom is 0.222 e. The van der Waals surface area contributed by atoms with Crippen LogP contribution in [0.5, 0.6) is 0 Å². The fourth-order valence-corrected chi connectivity index (χ4v) is 3.47. The van der Waals surface area contributed by atoms with Crippen LogP contribution >= 0.6 is 15.9 Å². The van der Waals surface area contributed by atoms with Crippen LogP contribution in [0, 0.1) is 0 Å². The van der Waals surface area contributed by atoms with Gasteiger partial charge in [0.1, 0.15) is 5.54 Å². The summed E-state index contributed by atoms with van der Waals surface area (Å²) in [6, 6.07) is 0. The number of halogens is 1. The Bertz CT molecular complexity index is 458. The number of ether oxygens (including phenoxy) is 7. The lowest BCUT2D eigenvalue weighted by Gasteiger charge is -2.34. The molecule has 1 saturated carbocycles. The first-order valence-corrected chi connectivity index (χ1v) is 13.2. The van der Waals surface area contributed by atoms with E-state index < -0.39 is 5.54 Å². The Morgan fingerprint density at radius 2 is 1.24 bits per heavy atom. The topological polar surface area (TPSA) is 93.7 Å². The van der Waals surface area contributed by atoms with Crippen LogP contribution in [0.2, 0.25) is 0 Å². The van der Waals surface area contributed by atoms with Gasteiger partial charge in [0.05, 0.1) is 71.7 Å². The van der Waals surface area contributed by atoms with Crippen LogP contribution in [0.3, 0.4) is 0 Å². The molecule has 0 atom stereocenters. The molecule has 0 radical (unpaired) electrons. The molecule has 0 aromatic rings. The summed E-state index contributed by atoms with van der Waals surface area (Å²) in [6.07, 6.45) is 2.55. The van der Waals surface area contributed by atoms with E-state index in [1.165, 1.54) is 0 Å². The van der Waals surface area contributed by atoms with Gasteiger partial charge in [-0.05, 0) is 33.6 Å². The molecule has 1 rings (SSSR count). The monoisotopic (exact) mass is 541 g/mol. The van der Waals surface area contributed by atoms with Crippen LogP contribution in [-0.4, -0.2) is 108 Å². The third kappa shape index (κ3) is 14.6. The standard InChI is InChI=1S/C23H44BrNO8/c1-4-27-17-23(18-28-5-2,19-29-6-3)25-22(26)7-9-30-11-13-32-20-15-21(16-20)33-14-12-31-10-8-24/h20-21H,4-19H2,1-3H3,(H,25,26). The molecule has 0 aromatic heterocycles. The van der Waals surface area contributed by atoms with E-state index in [4.69, 9.17) is 33.2 Å². The third-order valence-electron chi connectivity index (χ3n) is 5.06. The number of nitrogens with one attached hydrogen (secondary N) is 1. The second-order valence-electron chi connectivity index (χ2n) is 7.86. The zero-order chi connectivity index (χ0) is 24.2. The molecule has 1 N–H and O–H groups in total. The van der Waals surface area contributed by atoms with E-state index in [0.717, 1.165) is 18.2 Å². The van der Waals surface area contributed by atoms with Crippen molar-refractivity contribution in [2.24, 2.45) is 0 Å². The Morgan fingerprint density at radius 3 is 1.70 bits per heavy atom. The van der Waals surface area contributed by atoms with Crippen LogP contribution in [0.25, 0.3) is 0 Å². The fraction of sp³-hybridized carbons (Fsp3) is 0.957. The maximum atomic E-state index is 12.5. The minimum atomic E-state index is -0.703. The molecule has 0 saturated heterocycles. The van der Waals surface area contributed by atoms with E-state index in [-0.39, 0.29) is 24.5 Å². The summed E-state index contributed by atoms with van der Waals surface area (Å²) in [6.45, 7) is 11.7. The van der Waals surface area contributed by atoms with Crippen LogP contribution < -0.4 is 5.32 Å². The Balaban J connectivity index is 2.14. The van der Waals surface area contributed by atoms with Gasteiger partial charge >= 0.3 is 0 Å². The van der Waals surface area contributed by atoms with Gasteiger partial charge in [-0.3, -0.25) is 4.79 Å². The molecule has 0 unspecified atom stereocenters. The summed E-state index contributed by atoms with van der Waals surface area (Å²) in [5.41, 5.74) is -0.703. The molecule has 0 aliphatic heterocycles. The smallest absolute Gasteiger partial charge is 0.222 e. The zero-order valence-electron chi connectivity index (χ0n) is 20.6. The summed E-state index contributed by atoms with van der Waals surface area (Å²) in [5.74, 6) is -0.117. The summed E-state index contributed by atoms with van der Waals surface area (Å²) in [4.78, 5) is 12.5. The Kier molecular flexibility index (Phi) is 18.5. The highest BCUT2D eigenvalue weighted by atomic mass is 79.9. The van der Waals surface area contributed by atoms with Crippen molar-refractivity contribution >= 4 is 21.8 Å². The predicted molar refractivity (Wildman–Crippen MR) is 129 cm³/mol. The first-order valence-electron chi connectivity index (χ1n) is 12.1. The molecule has 9 nitrogen and oxygen atoms in total. The highest BCUT2D eigenvalue weighted by Gasteiger charge is 2.33. The van der Waals surface area contributed by atoms with Gasteiger partial charge in [0.2, 0.25) is 5.91 Å². The molecular formula is C23H44BrNO8. The van der Waals surface area contributed by atoms with E-state index in [1.54, 1.807) is 0 Å². The van der Waals surface area contributed by atoms with Crippen LogP contribution in [0.15, 0.2) is 0 Å². The van der Waals surface area contributed by atoms with E-state index in [2.05, 4.69) is 21.2 Å². The molecule has 1 fully saturated rings. The van der Waals surface area contributed by atoms with Gasteiger partial charge in [0.25, 0.3) is 0 Å². The Morgan fingerprint density at radius 1 is 0.758 bits per heavy atom. The van der Waals surface area contributed by atoms with Gasteiger partial charge in [0, 0.05) is 31.6 Å². The number of hydrogen-bond acceptors (Lipinski definition) is 8. The van der Waals surface area contributed by atoms with Gasteiger partial charge in [-0.15, -0.1) is 0 Å². The first kappa shape index (κ1) is 30.7. The highest BCUT2D eigenvalue weighted by Crippen LogP contribution is 2.26. The van der Waals surface area contributed by atoms with Gasteiger partial charge in [-0.25, -0.2) is 0 Å². The molecule has 10 heteroatoms. The van der Waals surface area contributed by atoms with Crippen molar-refractivity contribution in [3.05, 3.63) is 0 Å². The second-order valence-corrected chi connectivity index (χ2v) is 8.65. The van der Waals surface area contributed by atoms with Crippen LogP contribution in [0.4, 0.5) is 0 Å². The Labute approximate surface area is 207 Å². The predicted octanol–water partition coefficient (Wildman–Crippen LogP) is 2.33. The van der Waals surface area contributed by atoms with Gasteiger partial charge in [0.15, 0.2) is 0 Å². The van der Waals surface area contributed by atoms with Gasteiger partial charge in [-0.2, -0.15) is 0 Å². The molecule has 0 aromatic carbocycles. The number of carbonyl (C=O) groups is 1. The number of rotatable bonds is 23. The molecule has 1 aliphatic carbocycles. The molecule has 1 amide bonds. The van der Waals surface area contributed by atoms with Crippen molar-refractivity contribution < 1.29 is 38.0 Å². The second kappa shape index (κ2) is 19.9. The number of alkyl halides is 1. The molecule has 0 bridgehead atoms. The zero-order valence-corrected chi connectivity index (χ0v) is 22.2. The summed E-state index contributed by atoms with van der Waals surface area (Å²) >= 11 is 3.32. The number of hydrogen-bond donors (Lipinski definition) is 1. The van der Waals surface area contributed by atoms with Crippen LogP contribution in [-0.2, 0) is 38.0 Å². The Hall–Kier alpha value is -0.330. The highest BCUT2D eigenvalue weighted by molar-refractivity contribution is 9.09. The summed E-state index contributed by atoms with van der Waals surface area (Å²) in [5, 5.41) is 3.89. The first-order chi connectivity index (χ1) is 16.1. The minimum Gasteiger partial charge on any atom is -0.379 e. The largest absolute Gasteiger partial charge is 0.379 e. The SMILES string of the molecule is CCOCC(COCC)(COCC)NC(=O)CCOCCOC1CC(OCCOCCBr)C1. The minimum absolute atomic E-state index is 0.117. The number of amides is 1. The fourth-order valence-electron chi connectivity index (χ4n) is 3.24. The van der Waals surface area contributed by atoms with Crippen molar-refractivity contribution in [2.75, 3.05) is 84.6 Å². The van der Waals surface area contributed by atoms with Crippen molar-refractivity contribution in [1.29, 1.82) is 0 Å². The molecular weight excluding hydrogens is 498 g/mol. The van der Waals surface area contributed by atoms with Crippen molar-refractivity contribution in [3.8, 4) is 0 Å². The summed E-state index contributed by atoms with van der Waals surface area (Å²) < 4.78 is 39.2. The molecule has 0 heterocycles. The van der Waals surface area contributed by atoms with Crippen molar-refractivity contribution in [2.45, 2.75) is 57.8 Å². The van der Waals surface area contributed by atoms with E-state index in [0.29, 0.717) is 79.3 Å². The average molecular weight is 543 g/mol. The third-order valence-corrected chi connectivity index (χ3v) is 5.38. The van der Waals surface area contributed by atoms with Gasteiger partial charge in [-0.1, -0.05) is 15.9 Å². The van der Waals surface area contributed by atoms with E-state index in [9.17, 15) is 4.79 Å². The normalized spacial score (nSPS) is 18.3. The average Bonchev–Trinajstić information content (AvgIpc) is 2.79. The molecule has 1 aliphatic rings. The lowest BCUT2D eigenvalue weighted by molar-refractivity contribution is -0.129. The van der Waals surface area contributed by atoms with Crippen molar-refractivity contribution in [1.82, 2.24) is 5.32 Å². The quantitative estimate of drug-likeness (QED) is 0.155. The van der Waals surface area contributed by atoms with Crippen LogP contribution in [0.1, 0.15) is 40.0 Å². The maximum absolute atomic E-state index is 12.5. The number of carbonyl (C=O) groups excluding carboxylic acids is 1. The van der Waals surface area contributed by atoms with E-state index in [1.807, 2.05) is 20.8 Å². The molecule has 33 heavy (non-hydrogen) atoms.